The molecule has 0 fully saturated rings. The minimum Gasteiger partial charge on any atom is -0.464 e. The number of imide groups is 1. The fourth-order valence-corrected chi connectivity index (χ4v) is 1.81. The zero-order chi connectivity index (χ0) is 12.6. The summed E-state index contributed by atoms with van der Waals surface area (Å²) in [5.74, 6) is -1.63. The highest BCUT2D eigenvalue weighted by Crippen LogP contribution is 2.23. The Kier molecular flexibility index (Phi) is 2.71. The van der Waals surface area contributed by atoms with Crippen LogP contribution in [0, 0.1) is 0 Å². The Hall–Kier alpha value is -2.11. The lowest BCUT2D eigenvalue weighted by atomic mass is 10.1. The normalized spacial score (nSPS) is 19.2. The van der Waals surface area contributed by atoms with Crippen LogP contribution in [0.5, 0.6) is 0 Å². The van der Waals surface area contributed by atoms with Crippen LogP contribution < -0.4 is 0 Å². The zero-order valence-corrected chi connectivity index (χ0v) is 9.54. The Balaban J connectivity index is 2.46. The second-order valence-electron chi connectivity index (χ2n) is 3.66. The highest BCUT2D eigenvalue weighted by atomic mass is 16.5. The molecule has 0 radical (unpaired) electrons. The molecular weight excluding hydrogens is 224 g/mol. The highest BCUT2D eigenvalue weighted by Gasteiger charge is 2.41. The first kappa shape index (κ1) is 11.4. The molecule has 0 saturated carbocycles. The molecule has 1 aliphatic heterocycles. The van der Waals surface area contributed by atoms with E-state index in [1.807, 2.05) is 0 Å². The summed E-state index contributed by atoms with van der Waals surface area (Å²) in [5, 5.41) is 0. The summed E-state index contributed by atoms with van der Waals surface area (Å²) < 4.78 is 6.19. The number of amides is 2. The first-order valence-corrected chi connectivity index (χ1v) is 5.23. The minimum absolute atomic E-state index is 0.191. The monoisotopic (exact) mass is 236 g/mol. The van der Waals surface area contributed by atoms with Gasteiger partial charge in [-0.2, -0.15) is 0 Å². The lowest BCUT2D eigenvalue weighted by Gasteiger charge is -2.28. The fourth-order valence-electron chi connectivity index (χ4n) is 1.81. The molecule has 1 aliphatic rings. The number of rotatable bonds is 2. The van der Waals surface area contributed by atoms with Gasteiger partial charge in [0.25, 0.3) is 11.8 Å². The molecule has 1 aromatic rings. The van der Waals surface area contributed by atoms with Gasteiger partial charge in [0.05, 0.1) is 6.61 Å². The third-order valence-corrected chi connectivity index (χ3v) is 2.66. The predicted molar refractivity (Wildman–Crippen MR) is 57.2 cm³/mol. The maximum atomic E-state index is 11.9. The van der Waals surface area contributed by atoms with Crippen molar-refractivity contribution in [3.05, 3.63) is 24.0 Å². The molecule has 1 unspecified atom stereocenters. The standard InChI is InChI=1S/C11H12N2O4/c1-3-17-11(16)8-10(15)12(2)9(14)7-5-4-6-13(7)8/h4-6,8H,3H2,1-2H3. The van der Waals surface area contributed by atoms with E-state index in [2.05, 4.69) is 0 Å². The molecule has 0 bridgehead atoms. The third-order valence-electron chi connectivity index (χ3n) is 2.66. The van der Waals surface area contributed by atoms with Crippen LogP contribution >= 0.6 is 0 Å². The van der Waals surface area contributed by atoms with Crippen molar-refractivity contribution in [1.29, 1.82) is 0 Å². The van der Waals surface area contributed by atoms with Crippen LogP contribution in [0.3, 0.4) is 0 Å². The smallest absolute Gasteiger partial charge is 0.339 e. The topological polar surface area (TPSA) is 68.6 Å². The van der Waals surface area contributed by atoms with Gasteiger partial charge in [-0.15, -0.1) is 0 Å². The lowest BCUT2D eigenvalue weighted by Crippen LogP contribution is -2.48. The van der Waals surface area contributed by atoms with Gasteiger partial charge in [0, 0.05) is 13.2 Å². The van der Waals surface area contributed by atoms with Crippen LogP contribution in [0.2, 0.25) is 0 Å². The van der Waals surface area contributed by atoms with E-state index in [0.29, 0.717) is 5.69 Å². The summed E-state index contributed by atoms with van der Waals surface area (Å²) in [5.41, 5.74) is 0.310. The maximum absolute atomic E-state index is 11.9. The van der Waals surface area contributed by atoms with Gasteiger partial charge in [-0.1, -0.05) is 0 Å². The van der Waals surface area contributed by atoms with Gasteiger partial charge in [0.15, 0.2) is 0 Å². The van der Waals surface area contributed by atoms with E-state index < -0.39 is 23.8 Å². The predicted octanol–water partition coefficient (Wildman–Crippen LogP) is 0.204. The van der Waals surface area contributed by atoms with Crippen LogP contribution in [0.1, 0.15) is 23.5 Å². The van der Waals surface area contributed by atoms with Crippen molar-refractivity contribution in [1.82, 2.24) is 9.47 Å². The molecule has 0 spiro atoms. The number of likely N-dealkylation sites (N-methyl/N-ethyl adjacent to an activating group) is 1. The average molecular weight is 236 g/mol. The molecule has 0 aromatic carbocycles. The summed E-state index contributed by atoms with van der Waals surface area (Å²) in [4.78, 5) is 36.3. The molecule has 1 aromatic heterocycles. The van der Waals surface area contributed by atoms with Gasteiger partial charge in [-0.3, -0.25) is 14.5 Å². The second-order valence-corrected chi connectivity index (χ2v) is 3.66. The number of hydrogen-bond acceptors (Lipinski definition) is 4. The number of carbonyl (C=O) groups excluding carboxylic acids is 3. The molecule has 2 heterocycles. The molecule has 1 atom stereocenters. The maximum Gasteiger partial charge on any atom is 0.339 e. The molecular formula is C11H12N2O4. The van der Waals surface area contributed by atoms with Gasteiger partial charge in [-0.05, 0) is 19.1 Å². The number of carbonyl (C=O) groups is 3. The zero-order valence-electron chi connectivity index (χ0n) is 9.54. The van der Waals surface area contributed by atoms with E-state index in [4.69, 9.17) is 4.74 Å². The second kappa shape index (κ2) is 4.04. The number of fused-ring (bicyclic) bond motifs is 1. The number of ether oxygens (including phenoxy) is 1. The molecule has 2 amide bonds. The van der Waals surface area contributed by atoms with Crippen molar-refractivity contribution in [2.75, 3.05) is 13.7 Å². The Morgan fingerprint density at radius 2 is 2.18 bits per heavy atom. The van der Waals surface area contributed by atoms with Crippen molar-refractivity contribution < 1.29 is 19.1 Å². The number of aromatic nitrogens is 1. The van der Waals surface area contributed by atoms with Gasteiger partial charge in [-0.25, -0.2) is 4.79 Å². The molecule has 0 saturated heterocycles. The van der Waals surface area contributed by atoms with Gasteiger partial charge in [0.2, 0.25) is 6.04 Å². The molecule has 2 rings (SSSR count). The van der Waals surface area contributed by atoms with Crippen molar-refractivity contribution in [2.45, 2.75) is 13.0 Å². The molecule has 0 N–H and O–H groups in total. The van der Waals surface area contributed by atoms with Crippen LogP contribution in [0.25, 0.3) is 0 Å². The molecule has 0 aliphatic carbocycles. The summed E-state index contributed by atoms with van der Waals surface area (Å²) in [6.07, 6.45) is 1.53. The van der Waals surface area contributed by atoms with E-state index in [1.165, 1.54) is 17.8 Å². The molecule has 6 nitrogen and oxygen atoms in total. The van der Waals surface area contributed by atoms with E-state index in [0.717, 1.165) is 4.90 Å². The van der Waals surface area contributed by atoms with Gasteiger partial charge >= 0.3 is 5.97 Å². The Morgan fingerprint density at radius 3 is 2.82 bits per heavy atom. The molecule has 6 heteroatoms. The van der Waals surface area contributed by atoms with Gasteiger partial charge in [0.1, 0.15) is 5.69 Å². The van der Waals surface area contributed by atoms with E-state index >= 15 is 0 Å². The molecule has 90 valence electrons. The third kappa shape index (κ3) is 1.61. The molecule has 17 heavy (non-hydrogen) atoms. The van der Waals surface area contributed by atoms with Crippen LogP contribution in [-0.2, 0) is 14.3 Å². The van der Waals surface area contributed by atoms with Crippen molar-refractivity contribution in [3.63, 3.8) is 0 Å². The lowest BCUT2D eigenvalue weighted by molar-refractivity contribution is -0.153. The number of hydrogen-bond donors (Lipinski definition) is 0. The summed E-state index contributed by atoms with van der Waals surface area (Å²) in [7, 11) is 1.35. The van der Waals surface area contributed by atoms with E-state index in [1.54, 1.807) is 19.1 Å². The number of esters is 1. The quantitative estimate of drug-likeness (QED) is 0.418. The highest BCUT2D eigenvalue weighted by molar-refractivity contribution is 6.13. The number of nitrogens with zero attached hydrogens (tertiary/aromatic N) is 2. The first-order chi connectivity index (χ1) is 8.07. The van der Waals surface area contributed by atoms with Crippen LogP contribution in [0.15, 0.2) is 18.3 Å². The van der Waals surface area contributed by atoms with E-state index in [-0.39, 0.29) is 6.61 Å². The van der Waals surface area contributed by atoms with Gasteiger partial charge < -0.3 is 9.30 Å². The SMILES string of the molecule is CCOC(=O)C1C(=O)N(C)C(=O)c2cccn21. The van der Waals surface area contributed by atoms with Crippen LogP contribution in [-0.4, -0.2) is 40.9 Å². The van der Waals surface area contributed by atoms with Crippen molar-refractivity contribution in [2.24, 2.45) is 0 Å². The Morgan fingerprint density at radius 1 is 1.47 bits per heavy atom. The fraction of sp³-hybridized carbons (Fsp3) is 0.364. The van der Waals surface area contributed by atoms with Crippen LogP contribution in [0.4, 0.5) is 0 Å². The summed E-state index contributed by atoms with van der Waals surface area (Å²) in [6, 6.07) is 2.09. The first-order valence-electron chi connectivity index (χ1n) is 5.23. The van der Waals surface area contributed by atoms with Crippen molar-refractivity contribution in [3.8, 4) is 0 Å². The summed E-state index contributed by atoms with van der Waals surface area (Å²) >= 11 is 0. The average Bonchev–Trinajstić information content (AvgIpc) is 2.75. The Labute approximate surface area is 97.8 Å². The van der Waals surface area contributed by atoms with Crippen molar-refractivity contribution >= 4 is 17.8 Å². The Bertz CT molecular complexity index is 491. The largest absolute Gasteiger partial charge is 0.464 e. The summed E-state index contributed by atoms with van der Waals surface area (Å²) in [6.45, 7) is 1.85. The van der Waals surface area contributed by atoms with E-state index in [9.17, 15) is 14.4 Å². The minimum atomic E-state index is -1.09.